The summed E-state index contributed by atoms with van der Waals surface area (Å²) in [5, 5.41) is 8.01. The van der Waals surface area contributed by atoms with Gasteiger partial charge in [0.05, 0.1) is 11.1 Å². The number of hydrogen-bond acceptors (Lipinski definition) is 5. The van der Waals surface area contributed by atoms with E-state index in [0.717, 1.165) is 16.8 Å². The summed E-state index contributed by atoms with van der Waals surface area (Å²) in [5.41, 5.74) is 2.56. The zero-order valence-corrected chi connectivity index (χ0v) is 9.74. The van der Waals surface area contributed by atoms with Crippen molar-refractivity contribution in [2.24, 2.45) is 0 Å². The second kappa shape index (κ2) is 4.37. The van der Waals surface area contributed by atoms with E-state index in [-0.39, 0.29) is 0 Å². The van der Waals surface area contributed by atoms with E-state index in [4.69, 9.17) is 4.42 Å². The number of hydrogen-bond donors (Lipinski definition) is 0. The average molecular weight is 238 g/mol. The van der Waals surface area contributed by atoms with Crippen molar-refractivity contribution in [2.45, 2.75) is 6.92 Å². The van der Waals surface area contributed by atoms with E-state index < -0.39 is 0 Å². The Morgan fingerprint density at radius 1 is 0.944 bits per heavy atom. The molecule has 18 heavy (non-hydrogen) atoms. The van der Waals surface area contributed by atoms with Gasteiger partial charge in [0.2, 0.25) is 11.8 Å². The fraction of sp³-hybridized carbons (Fsp3) is 0.0769. The van der Waals surface area contributed by atoms with Crippen LogP contribution in [0.2, 0.25) is 0 Å². The van der Waals surface area contributed by atoms with Crippen molar-refractivity contribution in [1.82, 2.24) is 20.2 Å². The molecule has 3 aromatic heterocycles. The minimum Gasteiger partial charge on any atom is -0.416 e. The first-order valence-electron chi connectivity index (χ1n) is 5.50. The lowest BCUT2D eigenvalue weighted by atomic mass is 10.2. The van der Waals surface area contributed by atoms with Gasteiger partial charge in [-0.1, -0.05) is 0 Å². The van der Waals surface area contributed by atoms with E-state index in [9.17, 15) is 0 Å². The minimum absolute atomic E-state index is 0.457. The van der Waals surface area contributed by atoms with Crippen LogP contribution in [0.5, 0.6) is 0 Å². The van der Waals surface area contributed by atoms with E-state index >= 15 is 0 Å². The van der Waals surface area contributed by atoms with E-state index in [2.05, 4.69) is 20.2 Å². The SMILES string of the molecule is Cc1ccc(-c2nnc(-c3cccnc3)o2)cn1. The fourth-order valence-electron chi connectivity index (χ4n) is 1.54. The molecular formula is C13H10N4O. The maximum Gasteiger partial charge on any atom is 0.249 e. The Labute approximate surface area is 104 Å². The van der Waals surface area contributed by atoms with E-state index in [1.165, 1.54) is 0 Å². The smallest absolute Gasteiger partial charge is 0.249 e. The number of nitrogens with zero attached hydrogens (tertiary/aromatic N) is 4. The molecule has 0 bridgehead atoms. The standard InChI is InChI=1S/C13H10N4O/c1-9-4-5-11(8-15-9)13-17-16-12(18-13)10-3-2-6-14-7-10/h2-8H,1H3. The van der Waals surface area contributed by atoms with Gasteiger partial charge in [0.15, 0.2) is 0 Å². The van der Waals surface area contributed by atoms with Crippen LogP contribution in [-0.2, 0) is 0 Å². The monoisotopic (exact) mass is 238 g/mol. The van der Waals surface area contributed by atoms with Gasteiger partial charge in [0.1, 0.15) is 0 Å². The Morgan fingerprint density at radius 3 is 2.33 bits per heavy atom. The van der Waals surface area contributed by atoms with Crippen molar-refractivity contribution in [1.29, 1.82) is 0 Å². The van der Waals surface area contributed by atoms with Crippen LogP contribution < -0.4 is 0 Å². The molecule has 0 aliphatic rings. The van der Waals surface area contributed by atoms with Crippen LogP contribution in [0.1, 0.15) is 5.69 Å². The molecule has 5 heteroatoms. The summed E-state index contributed by atoms with van der Waals surface area (Å²) >= 11 is 0. The Hall–Kier alpha value is -2.56. The van der Waals surface area contributed by atoms with Crippen LogP contribution in [0, 0.1) is 6.92 Å². The first-order chi connectivity index (χ1) is 8.83. The Morgan fingerprint density at radius 2 is 1.72 bits per heavy atom. The number of rotatable bonds is 2. The highest BCUT2D eigenvalue weighted by Gasteiger charge is 2.10. The molecule has 0 unspecified atom stereocenters. The van der Waals surface area contributed by atoms with E-state index in [1.807, 2.05) is 31.2 Å². The van der Waals surface area contributed by atoms with Crippen molar-refractivity contribution < 1.29 is 4.42 Å². The maximum absolute atomic E-state index is 5.59. The topological polar surface area (TPSA) is 64.7 Å². The molecule has 3 heterocycles. The average Bonchev–Trinajstić information content (AvgIpc) is 2.90. The van der Waals surface area contributed by atoms with Crippen LogP contribution in [0.25, 0.3) is 22.9 Å². The Bertz CT molecular complexity index is 646. The Balaban J connectivity index is 1.97. The van der Waals surface area contributed by atoms with Gasteiger partial charge in [-0.15, -0.1) is 10.2 Å². The third-order valence-corrected chi connectivity index (χ3v) is 2.49. The summed E-state index contributed by atoms with van der Waals surface area (Å²) in [7, 11) is 0. The highest BCUT2D eigenvalue weighted by molar-refractivity contribution is 5.56. The predicted molar refractivity (Wildman–Crippen MR) is 65.5 cm³/mol. The predicted octanol–water partition coefficient (Wildman–Crippen LogP) is 2.50. The third-order valence-electron chi connectivity index (χ3n) is 2.49. The summed E-state index contributed by atoms with van der Waals surface area (Å²) in [4.78, 5) is 8.21. The lowest BCUT2D eigenvalue weighted by molar-refractivity contribution is 0.584. The molecule has 3 rings (SSSR count). The second-order valence-corrected chi connectivity index (χ2v) is 3.84. The van der Waals surface area contributed by atoms with Gasteiger partial charge in [0.25, 0.3) is 0 Å². The molecule has 0 spiro atoms. The molecule has 0 saturated heterocycles. The molecule has 0 aromatic carbocycles. The van der Waals surface area contributed by atoms with Gasteiger partial charge < -0.3 is 4.42 Å². The molecule has 0 amide bonds. The first-order valence-corrected chi connectivity index (χ1v) is 5.50. The van der Waals surface area contributed by atoms with Gasteiger partial charge in [-0.25, -0.2) is 0 Å². The second-order valence-electron chi connectivity index (χ2n) is 3.84. The minimum atomic E-state index is 0.457. The summed E-state index contributed by atoms with van der Waals surface area (Å²) < 4.78 is 5.59. The summed E-state index contributed by atoms with van der Waals surface area (Å²) in [6, 6.07) is 7.51. The fourth-order valence-corrected chi connectivity index (χ4v) is 1.54. The normalized spacial score (nSPS) is 10.5. The molecule has 88 valence electrons. The highest BCUT2D eigenvalue weighted by Crippen LogP contribution is 2.22. The van der Waals surface area contributed by atoms with Crippen LogP contribution in [0.4, 0.5) is 0 Å². The van der Waals surface area contributed by atoms with Crippen molar-refractivity contribution in [3.8, 4) is 22.9 Å². The molecule has 0 fully saturated rings. The molecule has 0 aliphatic carbocycles. The zero-order valence-electron chi connectivity index (χ0n) is 9.74. The van der Waals surface area contributed by atoms with Gasteiger partial charge >= 0.3 is 0 Å². The molecule has 5 nitrogen and oxygen atoms in total. The molecule has 0 radical (unpaired) electrons. The third kappa shape index (κ3) is 1.98. The lowest BCUT2D eigenvalue weighted by Gasteiger charge is -1.95. The van der Waals surface area contributed by atoms with Crippen LogP contribution >= 0.6 is 0 Å². The van der Waals surface area contributed by atoms with Gasteiger partial charge in [-0.2, -0.15) is 0 Å². The molecule has 0 N–H and O–H groups in total. The summed E-state index contributed by atoms with van der Waals surface area (Å²) in [6.07, 6.45) is 5.10. The van der Waals surface area contributed by atoms with Gasteiger partial charge in [-0.3, -0.25) is 9.97 Å². The van der Waals surface area contributed by atoms with Crippen LogP contribution in [0.3, 0.4) is 0 Å². The highest BCUT2D eigenvalue weighted by atomic mass is 16.4. The molecule has 3 aromatic rings. The van der Waals surface area contributed by atoms with Crippen LogP contribution in [-0.4, -0.2) is 20.2 Å². The number of pyridine rings is 2. The first kappa shape index (κ1) is 10.6. The van der Waals surface area contributed by atoms with Crippen molar-refractivity contribution in [3.63, 3.8) is 0 Å². The summed E-state index contributed by atoms with van der Waals surface area (Å²) in [6.45, 7) is 1.93. The molecule has 0 atom stereocenters. The molecular weight excluding hydrogens is 228 g/mol. The van der Waals surface area contributed by atoms with Gasteiger partial charge in [0, 0.05) is 24.3 Å². The van der Waals surface area contributed by atoms with Crippen molar-refractivity contribution in [2.75, 3.05) is 0 Å². The Kier molecular flexibility index (Phi) is 2.57. The summed E-state index contributed by atoms with van der Waals surface area (Å²) in [5.74, 6) is 0.917. The van der Waals surface area contributed by atoms with Crippen molar-refractivity contribution in [3.05, 3.63) is 48.5 Å². The van der Waals surface area contributed by atoms with E-state index in [0.29, 0.717) is 11.8 Å². The van der Waals surface area contributed by atoms with Crippen molar-refractivity contribution >= 4 is 0 Å². The van der Waals surface area contributed by atoms with Crippen LogP contribution in [0.15, 0.2) is 47.3 Å². The lowest BCUT2D eigenvalue weighted by Crippen LogP contribution is -1.82. The molecule has 0 saturated carbocycles. The van der Waals surface area contributed by atoms with E-state index in [1.54, 1.807) is 18.6 Å². The number of aromatic nitrogens is 4. The quantitative estimate of drug-likeness (QED) is 0.686. The maximum atomic E-state index is 5.59. The molecule has 0 aliphatic heterocycles. The zero-order chi connectivity index (χ0) is 12.4. The number of aryl methyl sites for hydroxylation is 1. The van der Waals surface area contributed by atoms with Gasteiger partial charge in [-0.05, 0) is 31.2 Å². The largest absolute Gasteiger partial charge is 0.416 e.